The summed E-state index contributed by atoms with van der Waals surface area (Å²) in [5, 5.41) is 3.34. The van der Waals surface area contributed by atoms with Gasteiger partial charge in [-0.15, -0.1) is 0 Å². The van der Waals surface area contributed by atoms with Gasteiger partial charge >= 0.3 is 0 Å². The number of benzene rings is 1. The van der Waals surface area contributed by atoms with E-state index in [4.69, 9.17) is 4.74 Å². The smallest absolute Gasteiger partial charge is 0.261 e. The highest BCUT2D eigenvalue weighted by Crippen LogP contribution is 2.21. The average molecular weight is 274 g/mol. The van der Waals surface area contributed by atoms with Crippen molar-refractivity contribution in [2.75, 3.05) is 26.3 Å². The first-order valence-corrected chi connectivity index (χ1v) is 7.04. The van der Waals surface area contributed by atoms with Crippen molar-refractivity contribution >= 4 is 11.8 Å². The molecule has 106 valence electrons. The fourth-order valence-corrected chi connectivity index (χ4v) is 2.72. The molecule has 0 unspecified atom stereocenters. The van der Waals surface area contributed by atoms with Gasteiger partial charge in [0.1, 0.15) is 0 Å². The zero-order valence-electron chi connectivity index (χ0n) is 11.3. The summed E-state index contributed by atoms with van der Waals surface area (Å²) in [7, 11) is 0. The predicted molar refractivity (Wildman–Crippen MR) is 73.7 cm³/mol. The number of fused-ring (bicyclic) bond motifs is 1. The van der Waals surface area contributed by atoms with Gasteiger partial charge in [0, 0.05) is 6.04 Å². The van der Waals surface area contributed by atoms with Gasteiger partial charge in [0.15, 0.2) is 0 Å². The summed E-state index contributed by atoms with van der Waals surface area (Å²) in [6, 6.07) is 7.35. The Hall–Kier alpha value is -1.72. The van der Waals surface area contributed by atoms with Crippen LogP contribution in [0.5, 0.6) is 0 Å². The van der Waals surface area contributed by atoms with E-state index >= 15 is 0 Å². The second-order valence-corrected chi connectivity index (χ2v) is 5.18. The van der Waals surface area contributed by atoms with Gasteiger partial charge in [-0.25, -0.2) is 0 Å². The molecule has 1 fully saturated rings. The van der Waals surface area contributed by atoms with Gasteiger partial charge in [0.05, 0.1) is 30.9 Å². The van der Waals surface area contributed by atoms with Crippen LogP contribution in [0.4, 0.5) is 0 Å². The largest absolute Gasteiger partial charge is 0.378 e. The maximum absolute atomic E-state index is 12.1. The maximum atomic E-state index is 12.1. The van der Waals surface area contributed by atoms with Crippen LogP contribution in [0.3, 0.4) is 0 Å². The molecule has 0 spiro atoms. The number of imide groups is 1. The van der Waals surface area contributed by atoms with E-state index in [2.05, 4.69) is 5.32 Å². The first-order valence-electron chi connectivity index (χ1n) is 7.04. The van der Waals surface area contributed by atoms with E-state index in [0.717, 1.165) is 13.0 Å². The summed E-state index contributed by atoms with van der Waals surface area (Å²) < 4.78 is 5.57. The molecule has 5 nitrogen and oxygen atoms in total. The molecule has 1 saturated heterocycles. The Labute approximate surface area is 117 Å². The molecular weight excluding hydrogens is 256 g/mol. The number of amides is 2. The molecule has 2 aliphatic heterocycles. The Morgan fingerprint density at radius 2 is 1.90 bits per heavy atom. The molecule has 1 aromatic rings. The van der Waals surface area contributed by atoms with Gasteiger partial charge in [-0.1, -0.05) is 12.1 Å². The van der Waals surface area contributed by atoms with Gasteiger partial charge in [-0.05, 0) is 31.5 Å². The van der Waals surface area contributed by atoms with E-state index in [0.29, 0.717) is 36.9 Å². The molecular formula is C15H18N2O3. The maximum Gasteiger partial charge on any atom is 0.261 e. The second-order valence-electron chi connectivity index (χ2n) is 5.18. The number of carbonyl (C=O) groups is 2. The zero-order chi connectivity index (χ0) is 13.9. The summed E-state index contributed by atoms with van der Waals surface area (Å²) in [5.41, 5.74) is 0.991. The summed E-state index contributed by atoms with van der Waals surface area (Å²) in [4.78, 5) is 25.5. The van der Waals surface area contributed by atoms with Crippen molar-refractivity contribution in [1.29, 1.82) is 0 Å². The van der Waals surface area contributed by atoms with Crippen molar-refractivity contribution in [1.82, 2.24) is 10.2 Å². The van der Waals surface area contributed by atoms with Crippen LogP contribution in [0.25, 0.3) is 0 Å². The van der Waals surface area contributed by atoms with Crippen molar-refractivity contribution in [3.05, 3.63) is 35.4 Å². The van der Waals surface area contributed by atoms with Crippen LogP contribution in [0.2, 0.25) is 0 Å². The number of ether oxygens (including phenoxy) is 1. The minimum Gasteiger partial charge on any atom is -0.378 e. The molecule has 2 amide bonds. The Morgan fingerprint density at radius 3 is 2.50 bits per heavy atom. The van der Waals surface area contributed by atoms with E-state index in [1.807, 2.05) is 0 Å². The molecule has 3 rings (SSSR count). The lowest BCUT2D eigenvalue weighted by atomic mass is 10.1. The van der Waals surface area contributed by atoms with E-state index in [1.54, 1.807) is 24.3 Å². The molecule has 0 aliphatic carbocycles. The van der Waals surface area contributed by atoms with Gasteiger partial charge in [0.2, 0.25) is 0 Å². The third-order valence-corrected chi connectivity index (χ3v) is 3.82. The normalized spacial score (nSPS) is 21.6. The fraction of sp³-hybridized carbons (Fsp3) is 0.467. The molecule has 0 aromatic heterocycles. The highest BCUT2D eigenvalue weighted by Gasteiger charge is 2.34. The van der Waals surface area contributed by atoms with Gasteiger partial charge in [-0.2, -0.15) is 0 Å². The third kappa shape index (κ3) is 2.46. The number of nitrogens with one attached hydrogen (secondary N) is 1. The minimum atomic E-state index is -0.215. The van der Waals surface area contributed by atoms with Crippen molar-refractivity contribution in [2.24, 2.45) is 0 Å². The first kappa shape index (κ1) is 13.3. The SMILES string of the molecule is O=C1c2ccccc2C(=O)N1CCOC[C@@H]1CCCN1. The Balaban J connectivity index is 1.51. The number of rotatable bonds is 5. The lowest BCUT2D eigenvalue weighted by molar-refractivity contribution is 0.0545. The van der Waals surface area contributed by atoms with Crippen LogP contribution in [0.15, 0.2) is 24.3 Å². The topological polar surface area (TPSA) is 58.6 Å². The van der Waals surface area contributed by atoms with Crippen LogP contribution in [0.1, 0.15) is 33.6 Å². The molecule has 0 saturated carbocycles. The van der Waals surface area contributed by atoms with Gasteiger partial charge in [0.25, 0.3) is 11.8 Å². The number of nitrogens with zero attached hydrogens (tertiary/aromatic N) is 1. The summed E-state index contributed by atoms with van der Waals surface area (Å²) in [6.07, 6.45) is 2.32. The molecule has 2 heterocycles. The Morgan fingerprint density at radius 1 is 1.20 bits per heavy atom. The van der Waals surface area contributed by atoms with Crippen LogP contribution >= 0.6 is 0 Å². The highest BCUT2D eigenvalue weighted by molar-refractivity contribution is 6.21. The molecule has 20 heavy (non-hydrogen) atoms. The van der Waals surface area contributed by atoms with Crippen LogP contribution in [-0.2, 0) is 4.74 Å². The standard InChI is InChI=1S/C15H18N2O3/c18-14-12-5-1-2-6-13(12)15(19)17(14)8-9-20-10-11-4-3-7-16-11/h1-2,5-6,11,16H,3-4,7-10H2/t11-/m0/s1. The predicted octanol–water partition coefficient (Wildman–Crippen LogP) is 1.05. The first-order chi connectivity index (χ1) is 9.77. The number of carbonyl (C=O) groups excluding carboxylic acids is 2. The number of hydrogen-bond acceptors (Lipinski definition) is 4. The molecule has 1 N–H and O–H groups in total. The Bertz CT molecular complexity index is 489. The monoisotopic (exact) mass is 274 g/mol. The molecule has 0 bridgehead atoms. The van der Waals surface area contributed by atoms with E-state index in [1.165, 1.54) is 11.3 Å². The van der Waals surface area contributed by atoms with Gasteiger partial charge < -0.3 is 10.1 Å². The van der Waals surface area contributed by atoms with Crippen molar-refractivity contribution in [3.63, 3.8) is 0 Å². The van der Waals surface area contributed by atoms with Gasteiger partial charge in [-0.3, -0.25) is 14.5 Å². The third-order valence-electron chi connectivity index (χ3n) is 3.82. The van der Waals surface area contributed by atoms with Crippen LogP contribution in [0, 0.1) is 0 Å². The quantitative estimate of drug-likeness (QED) is 0.644. The lowest BCUT2D eigenvalue weighted by Gasteiger charge is -2.15. The van der Waals surface area contributed by atoms with Crippen LogP contribution in [-0.4, -0.2) is 49.1 Å². The summed E-state index contributed by atoms with van der Waals surface area (Å²) in [6.45, 7) is 2.40. The molecule has 1 aromatic carbocycles. The Kier molecular flexibility index (Phi) is 3.80. The molecule has 0 radical (unpaired) electrons. The molecule has 1 atom stereocenters. The summed E-state index contributed by atoms with van der Waals surface area (Å²) in [5.74, 6) is -0.429. The number of hydrogen-bond donors (Lipinski definition) is 1. The van der Waals surface area contributed by atoms with E-state index < -0.39 is 0 Å². The van der Waals surface area contributed by atoms with Crippen molar-refractivity contribution in [3.8, 4) is 0 Å². The lowest BCUT2D eigenvalue weighted by Crippen LogP contribution is -2.34. The van der Waals surface area contributed by atoms with E-state index in [9.17, 15) is 9.59 Å². The van der Waals surface area contributed by atoms with Crippen molar-refractivity contribution in [2.45, 2.75) is 18.9 Å². The fourth-order valence-electron chi connectivity index (χ4n) is 2.72. The molecule has 5 heteroatoms. The highest BCUT2D eigenvalue weighted by atomic mass is 16.5. The van der Waals surface area contributed by atoms with E-state index in [-0.39, 0.29) is 11.8 Å². The van der Waals surface area contributed by atoms with Crippen molar-refractivity contribution < 1.29 is 14.3 Å². The zero-order valence-corrected chi connectivity index (χ0v) is 11.3. The molecule has 2 aliphatic rings. The summed E-state index contributed by atoms with van der Waals surface area (Å²) >= 11 is 0. The average Bonchev–Trinajstić information content (AvgIpc) is 3.06. The minimum absolute atomic E-state index is 0.215. The van der Waals surface area contributed by atoms with Crippen LogP contribution < -0.4 is 5.32 Å². The second kappa shape index (κ2) is 5.73.